The number of carbonyl (C=O) groups excluding carboxylic acids is 2. The molecule has 29 heavy (non-hydrogen) atoms. The van der Waals surface area contributed by atoms with Crippen LogP contribution in [0.25, 0.3) is 10.9 Å². The molecule has 2 heterocycles. The molecule has 1 unspecified atom stereocenters. The number of ether oxygens (including phenoxy) is 1. The number of pyridine rings is 1. The Balaban J connectivity index is 2.10. The van der Waals surface area contributed by atoms with Crippen LogP contribution in [0.1, 0.15) is 39.3 Å². The molecule has 0 saturated carbocycles. The number of nitrogens with two attached hydrogens (primary N) is 1. The Kier molecular flexibility index (Phi) is 5.48. The van der Waals surface area contributed by atoms with Gasteiger partial charge in [0.1, 0.15) is 16.8 Å². The quantitative estimate of drug-likeness (QED) is 0.670. The van der Waals surface area contributed by atoms with E-state index in [1.807, 2.05) is 26.0 Å². The number of methoxy groups -OCH3 is 1. The molecule has 7 nitrogen and oxygen atoms in total. The first-order chi connectivity index (χ1) is 13.7. The predicted octanol–water partition coefficient (Wildman–Crippen LogP) is 3.30. The van der Waals surface area contributed by atoms with Crippen molar-refractivity contribution in [2.45, 2.75) is 33.7 Å². The van der Waals surface area contributed by atoms with Gasteiger partial charge < -0.3 is 15.8 Å². The number of amides is 2. The minimum Gasteiger partial charge on any atom is -0.495 e. The maximum absolute atomic E-state index is 13.0. The summed E-state index contributed by atoms with van der Waals surface area (Å²) in [6.45, 7) is 7.12. The number of para-hydroxylation sites is 1. The third-order valence-electron chi connectivity index (χ3n) is 5.10. The molecule has 3 aromatic rings. The molecule has 0 aliphatic rings. The van der Waals surface area contributed by atoms with E-state index in [2.05, 4.69) is 5.32 Å². The van der Waals surface area contributed by atoms with Crippen LogP contribution in [0.2, 0.25) is 0 Å². The lowest BCUT2D eigenvalue weighted by Gasteiger charge is -2.20. The van der Waals surface area contributed by atoms with Crippen LogP contribution in [0.4, 0.5) is 5.00 Å². The summed E-state index contributed by atoms with van der Waals surface area (Å²) >= 11 is 1.28. The van der Waals surface area contributed by atoms with Gasteiger partial charge in [-0.1, -0.05) is 12.1 Å². The third-order valence-corrected chi connectivity index (χ3v) is 6.22. The number of nitrogens with one attached hydrogen (secondary N) is 1. The number of benzene rings is 1. The molecule has 0 aliphatic carbocycles. The van der Waals surface area contributed by atoms with Gasteiger partial charge in [0.2, 0.25) is 5.91 Å². The lowest BCUT2D eigenvalue weighted by Crippen LogP contribution is -2.32. The van der Waals surface area contributed by atoms with Gasteiger partial charge in [-0.25, -0.2) is 0 Å². The van der Waals surface area contributed by atoms with E-state index in [0.717, 1.165) is 21.4 Å². The van der Waals surface area contributed by atoms with Gasteiger partial charge in [-0.05, 0) is 44.9 Å². The van der Waals surface area contributed by atoms with Crippen molar-refractivity contribution < 1.29 is 14.3 Å². The second-order valence-corrected chi connectivity index (χ2v) is 8.13. The van der Waals surface area contributed by atoms with Crippen LogP contribution in [0.5, 0.6) is 5.75 Å². The van der Waals surface area contributed by atoms with Crippen LogP contribution in [0, 0.1) is 20.8 Å². The van der Waals surface area contributed by atoms with E-state index in [0.29, 0.717) is 21.8 Å². The van der Waals surface area contributed by atoms with E-state index in [-0.39, 0.29) is 5.56 Å². The number of fused-ring (bicyclic) bond motifs is 1. The summed E-state index contributed by atoms with van der Waals surface area (Å²) in [7, 11) is 1.52. The second-order valence-electron chi connectivity index (χ2n) is 6.91. The molecule has 2 amide bonds. The highest BCUT2D eigenvalue weighted by Gasteiger charge is 2.24. The number of hydrogen-bond donors (Lipinski definition) is 2. The summed E-state index contributed by atoms with van der Waals surface area (Å²) in [6, 6.07) is 6.12. The largest absolute Gasteiger partial charge is 0.495 e. The number of aromatic nitrogens is 1. The van der Waals surface area contributed by atoms with E-state index in [1.165, 1.54) is 29.1 Å². The topological polar surface area (TPSA) is 103 Å². The standard InChI is InChI=1S/C21H23N3O4S/c1-10-9-16(25)24(18-14(10)7-6-8-15(18)28-5)12(3)20(27)23-21-17(19(22)26)11(2)13(4)29-21/h6-9,12H,1-5H3,(H2,22,26)(H,23,27). The third kappa shape index (κ3) is 3.51. The van der Waals surface area contributed by atoms with E-state index >= 15 is 0 Å². The Morgan fingerprint density at radius 3 is 2.55 bits per heavy atom. The summed E-state index contributed by atoms with van der Waals surface area (Å²) in [5.74, 6) is -0.523. The Morgan fingerprint density at radius 1 is 1.24 bits per heavy atom. The van der Waals surface area contributed by atoms with Gasteiger partial charge in [0, 0.05) is 16.3 Å². The summed E-state index contributed by atoms with van der Waals surface area (Å²) in [4.78, 5) is 38.6. The van der Waals surface area contributed by atoms with Gasteiger partial charge in [0.05, 0.1) is 18.2 Å². The van der Waals surface area contributed by atoms with Gasteiger partial charge in [-0.3, -0.25) is 19.0 Å². The number of aryl methyl sites for hydroxylation is 2. The Bertz CT molecular complexity index is 1190. The Morgan fingerprint density at radius 2 is 1.93 bits per heavy atom. The highest BCUT2D eigenvalue weighted by Crippen LogP contribution is 2.33. The first kappa shape index (κ1) is 20.6. The molecule has 0 aliphatic heterocycles. The van der Waals surface area contributed by atoms with Crippen molar-refractivity contribution in [1.29, 1.82) is 0 Å². The molecule has 0 fully saturated rings. The van der Waals surface area contributed by atoms with Crippen LogP contribution >= 0.6 is 11.3 Å². The van der Waals surface area contributed by atoms with Crippen molar-refractivity contribution in [3.63, 3.8) is 0 Å². The summed E-state index contributed by atoms with van der Waals surface area (Å²) < 4.78 is 6.86. The molecular formula is C21H23N3O4S. The average Bonchev–Trinajstić information content (AvgIpc) is 2.94. The monoisotopic (exact) mass is 413 g/mol. The first-order valence-electron chi connectivity index (χ1n) is 9.06. The van der Waals surface area contributed by atoms with Crippen LogP contribution in [-0.2, 0) is 4.79 Å². The fraction of sp³-hybridized carbons (Fsp3) is 0.286. The zero-order valence-electron chi connectivity index (χ0n) is 17.0. The molecule has 1 aromatic carbocycles. The van der Waals surface area contributed by atoms with E-state index in [4.69, 9.17) is 10.5 Å². The Hall–Kier alpha value is -3.13. The normalized spacial score (nSPS) is 12.0. The second kappa shape index (κ2) is 7.71. The van der Waals surface area contributed by atoms with Crippen molar-refractivity contribution in [2.24, 2.45) is 5.73 Å². The molecule has 3 N–H and O–H groups in total. The minimum absolute atomic E-state index is 0.298. The van der Waals surface area contributed by atoms with Crippen molar-refractivity contribution in [3.8, 4) is 5.75 Å². The number of nitrogens with zero attached hydrogens (tertiary/aromatic N) is 1. The van der Waals surface area contributed by atoms with E-state index in [1.54, 1.807) is 19.9 Å². The molecule has 0 saturated heterocycles. The van der Waals surface area contributed by atoms with Gasteiger partial charge in [0.15, 0.2) is 0 Å². The molecule has 152 valence electrons. The lowest BCUT2D eigenvalue weighted by molar-refractivity contribution is -0.118. The number of hydrogen-bond acceptors (Lipinski definition) is 5. The van der Waals surface area contributed by atoms with Crippen LogP contribution in [0.3, 0.4) is 0 Å². The first-order valence-corrected chi connectivity index (χ1v) is 9.88. The summed E-state index contributed by atoms with van der Waals surface area (Å²) in [5.41, 5.74) is 7.57. The smallest absolute Gasteiger partial charge is 0.252 e. The van der Waals surface area contributed by atoms with Crippen molar-refractivity contribution in [3.05, 3.63) is 56.2 Å². The molecule has 2 aromatic heterocycles. The van der Waals surface area contributed by atoms with Gasteiger partial charge in [-0.15, -0.1) is 11.3 Å². The van der Waals surface area contributed by atoms with Gasteiger partial charge in [-0.2, -0.15) is 0 Å². The number of carbonyl (C=O) groups is 2. The fourth-order valence-electron chi connectivity index (χ4n) is 3.43. The number of thiophene rings is 1. The zero-order chi connectivity index (χ0) is 21.5. The highest BCUT2D eigenvalue weighted by molar-refractivity contribution is 7.16. The number of primary amides is 1. The van der Waals surface area contributed by atoms with Crippen LogP contribution < -0.4 is 21.3 Å². The van der Waals surface area contributed by atoms with Crippen molar-refractivity contribution in [2.75, 3.05) is 12.4 Å². The summed E-state index contributed by atoms with van der Waals surface area (Å²) in [5, 5.41) is 3.99. The molecule has 0 radical (unpaired) electrons. The number of anilines is 1. The molecular weight excluding hydrogens is 390 g/mol. The molecule has 3 rings (SSSR count). The maximum atomic E-state index is 13.0. The minimum atomic E-state index is -0.842. The fourth-order valence-corrected chi connectivity index (χ4v) is 4.49. The SMILES string of the molecule is COc1cccc2c(C)cc(=O)n(C(C)C(=O)Nc3sc(C)c(C)c3C(N)=O)c12. The van der Waals surface area contributed by atoms with E-state index < -0.39 is 17.9 Å². The highest BCUT2D eigenvalue weighted by atomic mass is 32.1. The molecule has 8 heteroatoms. The van der Waals surface area contributed by atoms with Gasteiger partial charge >= 0.3 is 0 Å². The van der Waals surface area contributed by atoms with Crippen LogP contribution in [0.15, 0.2) is 29.1 Å². The molecule has 1 atom stereocenters. The Labute approximate surface area is 172 Å². The van der Waals surface area contributed by atoms with E-state index in [9.17, 15) is 14.4 Å². The van der Waals surface area contributed by atoms with Gasteiger partial charge in [0.25, 0.3) is 11.5 Å². The van der Waals surface area contributed by atoms with Crippen molar-refractivity contribution in [1.82, 2.24) is 4.57 Å². The van der Waals surface area contributed by atoms with Crippen molar-refractivity contribution >= 4 is 39.1 Å². The summed E-state index contributed by atoms with van der Waals surface area (Å²) in [6.07, 6.45) is 0. The maximum Gasteiger partial charge on any atom is 0.252 e. The zero-order valence-corrected chi connectivity index (χ0v) is 17.8. The predicted molar refractivity (Wildman–Crippen MR) is 115 cm³/mol. The molecule has 0 bridgehead atoms. The number of rotatable bonds is 5. The lowest BCUT2D eigenvalue weighted by atomic mass is 10.1. The van der Waals surface area contributed by atoms with Crippen LogP contribution in [-0.4, -0.2) is 23.5 Å². The molecule has 0 spiro atoms. The average molecular weight is 413 g/mol.